The van der Waals surface area contributed by atoms with Crippen LogP contribution in [-0.4, -0.2) is 27.5 Å². The first-order valence-electron chi connectivity index (χ1n) is 7.25. The normalized spacial score (nSPS) is 10.9. The largest absolute Gasteiger partial charge is 0.489 e. The standard InChI is InChI=1S/C17H17BrN2O4S/c1-2-10-24-15-5-3-4-14(11-15)20(12-17(19)21)25(22,23)16-8-6-13(18)7-9-16/h2-9,11H,1,10,12H2,(H2,19,21). The third-order valence-electron chi connectivity index (χ3n) is 3.17. The smallest absolute Gasteiger partial charge is 0.264 e. The summed E-state index contributed by atoms with van der Waals surface area (Å²) < 4.78 is 33.0. The van der Waals surface area contributed by atoms with E-state index in [0.717, 1.165) is 8.78 Å². The summed E-state index contributed by atoms with van der Waals surface area (Å²) in [5.74, 6) is -0.309. The van der Waals surface area contributed by atoms with Gasteiger partial charge in [0.15, 0.2) is 0 Å². The number of rotatable bonds is 8. The summed E-state index contributed by atoms with van der Waals surface area (Å²) in [5, 5.41) is 0. The molecule has 1 amide bonds. The van der Waals surface area contributed by atoms with Gasteiger partial charge in [-0.15, -0.1) is 0 Å². The van der Waals surface area contributed by atoms with E-state index in [4.69, 9.17) is 10.5 Å². The highest BCUT2D eigenvalue weighted by molar-refractivity contribution is 9.10. The van der Waals surface area contributed by atoms with E-state index >= 15 is 0 Å². The van der Waals surface area contributed by atoms with Crippen molar-refractivity contribution in [2.24, 2.45) is 5.73 Å². The molecule has 0 aliphatic carbocycles. The average molecular weight is 425 g/mol. The fourth-order valence-electron chi connectivity index (χ4n) is 2.07. The lowest BCUT2D eigenvalue weighted by molar-refractivity contribution is -0.116. The predicted octanol–water partition coefficient (Wildman–Crippen LogP) is 2.69. The van der Waals surface area contributed by atoms with Crippen LogP contribution in [0.2, 0.25) is 0 Å². The second-order valence-corrected chi connectivity index (χ2v) is 7.81. The Kier molecular flexibility index (Phi) is 6.22. The molecule has 0 heterocycles. The zero-order valence-corrected chi connectivity index (χ0v) is 15.7. The number of carbonyl (C=O) groups excluding carboxylic acids is 1. The quantitative estimate of drug-likeness (QED) is 0.659. The van der Waals surface area contributed by atoms with E-state index in [2.05, 4.69) is 22.5 Å². The molecule has 0 saturated heterocycles. The monoisotopic (exact) mass is 424 g/mol. The third kappa shape index (κ3) is 4.83. The van der Waals surface area contributed by atoms with Gasteiger partial charge in [0.1, 0.15) is 18.9 Å². The summed E-state index contributed by atoms with van der Waals surface area (Å²) in [7, 11) is -3.97. The number of nitrogens with zero attached hydrogens (tertiary/aromatic N) is 1. The Hall–Kier alpha value is -2.32. The van der Waals surface area contributed by atoms with Crippen molar-refractivity contribution < 1.29 is 17.9 Å². The molecule has 0 fully saturated rings. The highest BCUT2D eigenvalue weighted by Gasteiger charge is 2.26. The van der Waals surface area contributed by atoms with Crippen LogP contribution in [0.25, 0.3) is 0 Å². The van der Waals surface area contributed by atoms with Crippen molar-refractivity contribution in [3.8, 4) is 5.75 Å². The van der Waals surface area contributed by atoms with Gasteiger partial charge in [-0.1, -0.05) is 34.7 Å². The third-order valence-corrected chi connectivity index (χ3v) is 5.49. The summed E-state index contributed by atoms with van der Waals surface area (Å²) in [6.45, 7) is 3.36. The molecule has 25 heavy (non-hydrogen) atoms. The Bertz CT molecular complexity index is 866. The number of nitrogens with two attached hydrogens (primary N) is 1. The molecule has 0 bridgehead atoms. The first-order chi connectivity index (χ1) is 11.8. The average Bonchev–Trinajstić information content (AvgIpc) is 2.58. The van der Waals surface area contributed by atoms with Gasteiger partial charge < -0.3 is 10.5 Å². The van der Waals surface area contributed by atoms with Crippen LogP contribution in [0, 0.1) is 0 Å². The number of carbonyl (C=O) groups is 1. The number of sulfonamides is 1. The highest BCUT2D eigenvalue weighted by Crippen LogP contribution is 2.27. The lowest BCUT2D eigenvalue weighted by atomic mass is 10.3. The number of primary amides is 1. The molecule has 0 spiro atoms. The molecule has 2 aromatic carbocycles. The molecule has 8 heteroatoms. The molecule has 132 valence electrons. The molecule has 0 aliphatic heterocycles. The fraction of sp³-hybridized carbons (Fsp3) is 0.118. The molecule has 2 aromatic rings. The Labute approximate surface area is 155 Å². The first-order valence-corrected chi connectivity index (χ1v) is 9.48. The van der Waals surface area contributed by atoms with Crippen LogP contribution < -0.4 is 14.8 Å². The molecule has 2 rings (SSSR count). The fourth-order valence-corrected chi connectivity index (χ4v) is 3.76. The molecule has 2 N–H and O–H groups in total. The summed E-state index contributed by atoms with van der Waals surface area (Å²) in [6, 6.07) is 12.5. The van der Waals surface area contributed by atoms with Crippen LogP contribution in [0.15, 0.2) is 70.6 Å². The van der Waals surface area contributed by atoms with Gasteiger partial charge in [0, 0.05) is 10.5 Å². The topological polar surface area (TPSA) is 89.7 Å². The van der Waals surface area contributed by atoms with Crippen LogP contribution in [-0.2, 0) is 14.8 Å². The molecule has 0 atom stereocenters. The molecular formula is C17H17BrN2O4S. The maximum Gasteiger partial charge on any atom is 0.264 e. The second kappa shape index (κ2) is 8.17. The SMILES string of the molecule is C=CCOc1cccc(N(CC(N)=O)S(=O)(=O)c2ccc(Br)cc2)c1. The Morgan fingerprint density at radius 1 is 1.24 bits per heavy atom. The molecule has 0 aromatic heterocycles. The molecule has 0 saturated carbocycles. The van der Waals surface area contributed by atoms with Crippen molar-refractivity contribution in [2.75, 3.05) is 17.5 Å². The van der Waals surface area contributed by atoms with Gasteiger partial charge in [-0.3, -0.25) is 9.10 Å². The number of hydrogen-bond donors (Lipinski definition) is 1. The molecule has 0 aliphatic rings. The van der Waals surface area contributed by atoms with Gasteiger partial charge in [-0.2, -0.15) is 0 Å². The van der Waals surface area contributed by atoms with Crippen LogP contribution >= 0.6 is 15.9 Å². The van der Waals surface area contributed by atoms with Crippen LogP contribution in [0.5, 0.6) is 5.75 Å². The van der Waals surface area contributed by atoms with Gasteiger partial charge in [-0.25, -0.2) is 8.42 Å². The molecule has 0 unspecified atom stereocenters. The van der Waals surface area contributed by atoms with Crippen molar-refractivity contribution in [1.82, 2.24) is 0 Å². The van der Waals surface area contributed by atoms with Gasteiger partial charge in [0.05, 0.1) is 10.6 Å². The maximum atomic E-state index is 13.0. The Balaban J connectivity index is 2.47. The van der Waals surface area contributed by atoms with E-state index in [1.54, 1.807) is 36.4 Å². The summed E-state index contributed by atoms with van der Waals surface area (Å²) in [6.07, 6.45) is 1.58. The van der Waals surface area contributed by atoms with Gasteiger partial charge in [0.2, 0.25) is 5.91 Å². The predicted molar refractivity (Wildman–Crippen MR) is 100 cm³/mol. The van der Waals surface area contributed by atoms with Crippen LogP contribution in [0.1, 0.15) is 0 Å². The van der Waals surface area contributed by atoms with Crippen LogP contribution in [0.3, 0.4) is 0 Å². The first kappa shape index (κ1) is 19.0. The Morgan fingerprint density at radius 3 is 2.52 bits per heavy atom. The number of hydrogen-bond acceptors (Lipinski definition) is 4. The van der Waals surface area contributed by atoms with Crippen molar-refractivity contribution >= 4 is 37.5 Å². The van der Waals surface area contributed by atoms with E-state index < -0.39 is 22.5 Å². The minimum Gasteiger partial charge on any atom is -0.489 e. The Morgan fingerprint density at radius 2 is 1.92 bits per heavy atom. The molecule has 6 nitrogen and oxygen atoms in total. The number of benzene rings is 2. The zero-order valence-electron chi connectivity index (χ0n) is 13.3. The lowest BCUT2D eigenvalue weighted by Crippen LogP contribution is -2.38. The lowest BCUT2D eigenvalue weighted by Gasteiger charge is -2.23. The van der Waals surface area contributed by atoms with E-state index in [1.165, 1.54) is 18.2 Å². The maximum absolute atomic E-state index is 13.0. The zero-order chi connectivity index (χ0) is 18.4. The van der Waals surface area contributed by atoms with E-state index in [0.29, 0.717) is 5.75 Å². The van der Waals surface area contributed by atoms with E-state index in [-0.39, 0.29) is 17.2 Å². The van der Waals surface area contributed by atoms with Crippen molar-refractivity contribution in [2.45, 2.75) is 4.90 Å². The molecular weight excluding hydrogens is 408 g/mol. The van der Waals surface area contributed by atoms with E-state index in [9.17, 15) is 13.2 Å². The van der Waals surface area contributed by atoms with Crippen molar-refractivity contribution in [3.05, 3.63) is 65.7 Å². The van der Waals surface area contributed by atoms with Crippen LogP contribution in [0.4, 0.5) is 5.69 Å². The highest BCUT2D eigenvalue weighted by atomic mass is 79.9. The number of amides is 1. The van der Waals surface area contributed by atoms with Gasteiger partial charge in [0.25, 0.3) is 10.0 Å². The summed E-state index contributed by atoms with van der Waals surface area (Å²) in [5.41, 5.74) is 5.53. The second-order valence-electron chi connectivity index (χ2n) is 5.03. The number of halogens is 1. The number of anilines is 1. The van der Waals surface area contributed by atoms with Crippen molar-refractivity contribution in [1.29, 1.82) is 0 Å². The van der Waals surface area contributed by atoms with E-state index in [1.807, 2.05) is 0 Å². The summed E-state index contributed by atoms with van der Waals surface area (Å²) in [4.78, 5) is 11.5. The van der Waals surface area contributed by atoms with Gasteiger partial charge >= 0.3 is 0 Å². The molecule has 0 radical (unpaired) electrons. The summed E-state index contributed by atoms with van der Waals surface area (Å²) >= 11 is 3.26. The van der Waals surface area contributed by atoms with Crippen molar-refractivity contribution in [3.63, 3.8) is 0 Å². The van der Waals surface area contributed by atoms with Gasteiger partial charge in [-0.05, 0) is 36.4 Å². The minimum atomic E-state index is -3.97. The number of ether oxygens (including phenoxy) is 1. The minimum absolute atomic E-state index is 0.0503.